The van der Waals surface area contributed by atoms with E-state index in [-0.39, 0.29) is 0 Å². The molecule has 4 nitrogen and oxygen atoms in total. The predicted octanol–water partition coefficient (Wildman–Crippen LogP) is 1.08. The van der Waals surface area contributed by atoms with Crippen LogP contribution in [0.1, 0.15) is 31.0 Å². The first kappa shape index (κ1) is 9.68. The smallest absolute Gasteiger partial charge is 0.0951 e. The summed E-state index contributed by atoms with van der Waals surface area (Å²) in [5, 5.41) is 0. The van der Waals surface area contributed by atoms with Crippen LogP contribution in [0.4, 0.5) is 0 Å². The van der Waals surface area contributed by atoms with Gasteiger partial charge in [0.25, 0.3) is 0 Å². The molecule has 1 saturated carbocycles. The molecule has 78 valence electrons. The highest BCUT2D eigenvalue weighted by atomic mass is 16.5. The summed E-state index contributed by atoms with van der Waals surface area (Å²) in [6.45, 7) is 2.10. The fourth-order valence-electron chi connectivity index (χ4n) is 1.49. The van der Waals surface area contributed by atoms with Crippen LogP contribution in [0, 0.1) is 0 Å². The van der Waals surface area contributed by atoms with E-state index in [4.69, 9.17) is 10.5 Å². The fraction of sp³-hybridized carbons (Fsp3) is 0.700. The molecule has 1 aromatic rings. The van der Waals surface area contributed by atoms with Gasteiger partial charge in [-0.2, -0.15) is 0 Å². The van der Waals surface area contributed by atoms with Gasteiger partial charge in [-0.05, 0) is 25.8 Å². The topological polar surface area (TPSA) is 53.1 Å². The Morgan fingerprint density at radius 1 is 1.57 bits per heavy atom. The first-order valence-corrected chi connectivity index (χ1v) is 5.20. The van der Waals surface area contributed by atoms with E-state index in [1.165, 1.54) is 18.5 Å². The van der Waals surface area contributed by atoms with E-state index in [0.717, 1.165) is 13.0 Å². The Hall–Kier alpha value is -0.870. The van der Waals surface area contributed by atoms with Crippen LogP contribution >= 0.6 is 0 Å². The van der Waals surface area contributed by atoms with Gasteiger partial charge in [0.2, 0.25) is 0 Å². The lowest BCUT2D eigenvalue weighted by atomic mass is 10.4. The highest BCUT2D eigenvalue weighted by Crippen LogP contribution is 2.35. The van der Waals surface area contributed by atoms with E-state index in [2.05, 4.69) is 9.55 Å². The van der Waals surface area contributed by atoms with E-state index < -0.39 is 0 Å². The van der Waals surface area contributed by atoms with Gasteiger partial charge >= 0.3 is 0 Å². The van der Waals surface area contributed by atoms with Gasteiger partial charge in [-0.15, -0.1) is 0 Å². The molecule has 0 saturated heterocycles. The van der Waals surface area contributed by atoms with E-state index >= 15 is 0 Å². The summed E-state index contributed by atoms with van der Waals surface area (Å²) in [6, 6.07) is 0.686. The Kier molecular flexibility index (Phi) is 3.16. The number of ether oxygens (including phenoxy) is 1. The van der Waals surface area contributed by atoms with Crippen LogP contribution < -0.4 is 5.73 Å². The molecule has 0 spiro atoms. The minimum absolute atomic E-state index is 0.663. The molecule has 0 radical (unpaired) electrons. The molecule has 1 fully saturated rings. The third-order valence-electron chi connectivity index (χ3n) is 2.43. The molecule has 0 unspecified atom stereocenters. The van der Waals surface area contributed by atoms with Crippen LogP contribution in [0.25, 0.3) is 0 Å². The predicted molar refractivity (Wildman–Crippen MR) is 53.8 cm³/mol. The highest BCUT2D eigenvalue weighted by molar-refractivity contribution is 5.02. The van der Waals surface area contributed by atoms with Crippen LogP contribution in [0.3, 0.4) is 0 Å². The molecule has 2 N–H and O–H groups in total. The number of hydrogen-bond donors (Lipinski definition) is 1. The Morgan fingerprint density at radius 2 is 2.43 bits per heavy atom. The molecule has 1 aliphatic carbocycles. The molecule has 0 amide bonds. The van der Waals surface area contributed by atoms with Gasteiger partial charge in [0.05, 0.1) is 24.8 Å². The number of imidazole rings is 1. The van der Waals surface area contributed by atoms with Gasteiger partial charge in [0.15, 0.2) is 0 Å². The minimum atomic E-state index is 0.663. The van der Waals surface area contributed by atoms with E-state index in [1.807, 2.05) is 12.5 Å². The van der Waals surface area contributed by atoms with Crippen LogP contribution in [-0.2, 0) is 11.3 Å². The summed E-state index contributed by atoms with van der Waals surface area (Å²) in [7, 11) is 0. The summed E-state index contributed by atoms with van der Waals surface area (Å²) in [5.74, 6) is 0. The first-order chi connectivity index (χ1) is 6.92. The van der Waals surface area contributed by atoms with E-state index in [9.17, 15) is 0 Å². The molecule has 4 heteroatoms. The Morgan fingerprint density at radius 3 is 3.14 bits per heavy atom. The van der Waals surface area contributed by atoms with Crippen molar-refractivity contribution in [3.63, 3.8) is 0 Å². The number of rotatable bonds is 6. The zero-order chi connectivity index (χ0) is 9.80. The number of nitrogens with zero attached hydrogens (tertiary/aromatic N) is 2. The Balaban J connectivity index is 1.80. The summed E-state index contributed by atoms with van der Waals surface area (Å²) in [6.07, 6.45) is 7.29. The molecular weight excluding hydrogens is 178 g/mol. The maximum atomic E-state index is 5.50. The molecule has 14 heavy (non-hydrogen) atoms. The Labute approximate surface area is 84.1 Å². The molecule has 2 rings (SSSR count). The van der Waals surface area contributed by atoms with Gasteiger partial charge in [-0.25, -0.2) is 4.98 Å². The summed E-state index contributed by atoms with van der Waals surface area (Å²) < 4.78 is 7.72. The van der Waals surface area contributed by atoms with Crippen molar-refractivity contribution >= 4 is 0 Å². The second-order valence-electron chi connectivity index (χ2n) is 3.72. The van der Waals surface area contributed by atoms with Crippen molar-refractivity contribution in [2.75, 3.05) is 13.2 Å². The SMILES string of the molecule is NCCCOCc1cncn1C1CC1. The van der Waals surface area contributed by atoms with Crippen LogP contribution in [0.2, 0.25) is 0 Å². The van der Waals surface area contributed by atoms with Gasteiger partial charge in [-0.3, -0.25) is 0 Å². The van der Waals surface area contributed by atoms with Crippen molar-refractivity contribution < 1.29 is 4.74 Å². The van der Waals surface area contributed by atoms with Gasteiger partial charge < -0.3 is 15.0 Å². The molecule has 0 bridgehead atoms. The molecule has 1 heterocycles. The lowest BCUT2D eigenvalue weighted by molar-refractivity contribution is 0.115. The standard InChI is InChI=1S/C10H17N3O/c11-4-1-5-14-7-10-6-12-8-13(10)9-2-3-9/h6,8-9H,1-5,7,11H2. The van der Waals surface area contributed by atoms with Crippen molar-refractivity contribution in [1.82, 2.24) is 9.55 Å². The fourth-order valence-corrected chi connectivity index (χ4v) is 1.49. The number of aromatic nitrogens is 2. The largest absolute Gasteiger partial charge is 0.375 e. The lowest BCUT2D eigenvalue weighted by Crippen LogP contribution is -2.06. The zero-order valence-corrected chi connectivity index (χ0v) is 8.35. The van der Waals surface area contributed by atoms with Crippen molar-refractivity contribution in [2.45, 2.75) is 31.9 Å². The normalized spacial score (nSPS) is 16.1. The van der Waals surface area contributed by atoms with Crippen molar-refractivity contribution in [2.24, 2.45) is 5.73 Å². The van der Waals surface area contributed by atoms with Crippen LogP contribution in [-0.4, -0.2) is 22.7 Å². The molecule has 0 aliphatic heterocycles. The number of hydrogen-bond acceptors (Lipinski definition) is 3. The molecular formula is C10H17N3O. The molecule has 0 aromatic carbocycles. The number of nitrogens with two attached hydrogens (primary N) is 1. The minimum Gasteiger partial charge on any atom is -0.375 e. The second kappa shape index (κ2) is 4.57. The monoisotopic (exact) mass is 195 g/mol. The maximum Gasteiger partial charge on any atom is 0.0951 e. The third-order valence-corrected chi connectivity index (χ3v) is 2.43. The summed E-state index contributed by atoms with van der Waals surface area (Å²) >= 11 is 0. The highest BCUT2D eigenvalue weighted by Gasteiger charge is 2.24. The first-order valence-electron chi connectivity index (χ1n) is 5.20. The van der Waals surface area contributed by atoms with E-state index in [1.54, 1.807) is 0 Å². The second-order valence-corrected chi connectivity index (χ2v) is 3.72. The van der Waals surface area contributed by atoms with Crippen molar-refractivity contribution in [1.29, 1.82) is 0 Å². The molecule has 1 aliphatic rings. The van der Waals surface area contributed by atoms with Crippen LogP contribution in [0.15, 0.2) is 12.5 Å². The molecule has 0 atom stereocenters. The average Bonchev–Trinajstić information content (AvgIpc) is 2.94. The maximum absolute atomic E-state index is 5.50. The third kappa shape index (κ3) is 2.33. The Bertz CT molecular complexity index is 281. The van der Waals surface area contributed by atoms with Crippen molar-refractivity contribution in [3.05, 3.63) is 18.2 Å². The molecule has 1 aromatic heterocycles. The average molecular weight is 195 g/mol. The summed E-state index contributed by atoms with van der Waals surface area (Å²) in [5.41, 5.74) is 6.56. The van der Waals surface area contributed by atoms with Crippen molar-refractivity contribution in [3.8, 4) is 0 Å². The summed E-state index contributed by atoms with van der Waals surface area (Å²) in [4.78, 5) is 4.14. The van der Waals surface area contributed by atoms with Gasteiger partial charge in [-0.1, -0.05) is 0 Å². The van der Waals surface area contributed by atoms with E-state index in [0.29, 0.717) is 19.2 Å². The lowest BCUT2D eigenvalue weighted by Gasteiger charge is -2.06. The van der Waals surface area contributed by atoms with Gasteiger partial charge in [0.1, 0.15) is 0 Å². The quantitative estimate of drug-likeness (QED) is 0.691. The van der Waals surface area contributed by atoms with Gasteiger partial charge in [0, 0.05) is 12.6 Å². The van der Waals surface area contributed by atoms with Crippen LogP contribution in [0.5, 0.6) is 0 Å². The zero-order valence-electron chi connectivity index (χ0n) is 8.35.